The Morgan fingerprint density at radius 2 is 2.14 bits per heavy atom. The van der Waals surface area contributed by atoms with Crippen LogP contribution in [0.15, 0.2) is 33.1 Å². The highest BCUT2D eigenvalue weighted by molar-refractivity contribution is 9.10. The van der Waals surface area contributed by atoms with Crippen LogP contribution in [0.5, 0.6) is 0 Å². The summed E-state index contributed by atoms with van der Waals surface area (Å²) in [6, 6.07) is 3.62. The quantitative estimate of drug-likeness (QED) is 0.795. The van der Waals surface area contributed by atoms with Crippen molar-refractivity contribution in [3.05, 3.63) is 39.3 Å². The standard InChI is InChI=1S/C13H16BrN3O2S2/c1-3-15-8-10-6-11(14)9(2)12(7-10)21(18,19)17-13-16-4-5-20-13/h4-7,15H,3,8H2,1-2H3,(H,16,17). The second-order valence-corrected chi connectivity index (χ2v) is 7.82. The number of anilines is 1. The Kier molecular flexibility index (Phi) is 5.37. The zero-order chi connectivity index (χ0) is 15.5. The Balaban J connectivity index is 2.39. The summed E-state index contributed by atoms with van der Waals surface area (Å²) in [7, 11) is -3.64. The molecule has 5 nitrogen and oxygen atoms in total. The Labute approximate surface area is 137 Å². The summed E-state index contributed by atoms with van der Waals surface area (Å²) >= 11 is 4.67. The predicted molar refractivity (Wildman–Crippen MR) is 89.2 cm³/mol. The molecule has 114 valence electrons. The van der Waals surface area contributed by atoms with Crippen LogP contribution in [0.4, 0.5) is 5.13 Å². The summed E-state index contributed by atoms with van der Waals surface area (Å²) < 4.78 is 28.3. The lowest BCUT2D eigenvalue weighted by molar-refractivity contribution is 0.600. The molecule has 2 N–H and O–H groups in total. The van der Waals surface area contributed by atoms with Gasteiger partial charge in [0.05, 0.1) is 4.90 Å². The number of hydrogen-bond acceptors (Lipinski definition) is 5. The average Bonchev–Trinajstić information content (AvgIpc) is 2.91. The van der Waals surface area contributed by atoms with Gasteiger partial charge in [0, 0.05) is 22.6 Å². The molecule has 0 unspecified atom stereocenters. The van der Waals surface area contributed by atoms with Crippen LogP contribution in [-0.2, 0) is 16.6 Å². The molecular formula is C13H16BrN3O2S2. The molecule has 0 spiro atoms. The molecule has 0 bridgehead atoms. The second kappa shape index (κ2) is 6.87. The van der Waals surface area contributed by atoms with Crippen LogP contribution in [0.2, 0.25) is 0 Å². The predicted octanol–water partition coefficient (Wildman–Crippen LogP) is 3.12. The summed E-state index contributed by atoms with van der Waals surface area (Å²) in [6.07, 6.45) is 1.56. The molecule has 8 heteroatoms. The Morgan fingerprint density at radius 3 is 2.76 bits per heavy atom. The van der Waals surface area contributed by atoms with Crippen molar-refractivity contribution in [1.82, 2.24) is 10.3 Å². The molecular weight excluding hydrogens is 374 g/mol. The van der Waals surface area contributed by atoms with Crippen LogP contribution in [-0.4, -0.2) is 19.9 Å². The number of hydrogen-bond donors (Lipinski definition) is 2. The fourth-order valence-electron chi connectivity index (χ4n) is 1.80. The summed E-state index contributed by atoms with van der Waals surface area (Å²) in [6.45, 7) is 5.22. The van der Waals surface area contributed by atoms with Gasteiger partial charge in [-0.2, -0.15) is 0 Å². The second-order valence-electron chi connectivity index (χ2n) is 4.42. The fourth-order valence-corrected chi connectivity index (χ4v) is 4.55. The lowest BCUT2D eigenvalue weighted by Gasteiger charge is -2.12. The van der Waals surface area contributed by atoms with Crippen molar-refractivity contribution in [2.75, 3.05) is 11.3 Å². The minimum absolute atomic E-state index is 0.264. The summed E-state index contributed by atoms with van der Waals surface area (Å²) in [5.41, 5.74) is 1.59. The van der Waals surface area contributed by atoms with Crippen molar-refractivity contribution in [2.45, 2.75) is 25.3 Å². The van der Waals surface area contributed by atoms with E-state index < -0.39 is 10.0 Å². The van der Waals surface area contributed by atoms with E-state index in [0.29, 0.717) is 17.2 Å². The molecule has 2 rings (SSSR count). The zero-order valence-electron chi connectivity index (χ0n) is 11.7. The molecule has 0 aliphatic rings. The molecule has 0 aliphatic carbocycles. The monoisotopic (exact) mass is 389 g/mol. The van der Waals surface area contributed by atoms with E-state index in [0.717, 1.165) is 16.6 Å². The molecule has 1 aromatic heterocycles. The van der Waals surface area contributed by atoms with Gasteiger partial charge in [0.2, 0.25) is 0 Å². The molecule has 2 aromatic rings. The molecule has 0 aliphatic heterocycles. The van der Waals surface area contributed by atoms with E-state index in [-0.39, 0.29) is 4.90 Å². The maximum Gasteiger partial charge on any atom is 0.263 e. The van der Waals surface area contributed by atoms with E-state index in [1.54, 1.807) is 24.6 Å². The number of aromatic nitrogens is 1. The number of nitrogens with zero attached hydrogens (tertiary/aromatic N) is 1. The van der Waals surface area contributed by atoms with Gasteiger partial charge in [-0.3, -0.25) is 4.72 Å². The van der Waals surface area contributed by atoms with E-state index in [1.807, 2.05) is 13.0 Å². The van der Waals surface area contributed by atoms with E-state index in [1.165, 1.54) is 11.3 Å². The number of thiazole rings is 1. The van der Waals surface area contributed by atoms with Crippen molar-refractivity contribution < 1.29 is 8.42 Å². The first-order chi connectivity index (χ1) is 9.94. The third kappa shape index (κ3) is 4.03. The van der Waals surface area contributed by atoms with Gasteiger partial charge in [-0.1, -0.05) is 22.9 Å². The van der Waals surface area contributed by atoms with Gasteiger partial charge in [-0.25, -0.2) is 13.4 Å². The van der Waals surface area contributed by atoms with Gasteiger partial charge >= 0.3 is 0 Å². The smallest absolute Gasteiger partial charge is 0.263 e. The topological polar surface area (TPSA) is 71.1 Å². The molecule has 21 heavy (non-hydrogen) atoms. The highest BCUT2D eigenvalue weighted by atomic mass is 79.9. The van der Waals surface area contributed by atoms with Crippen molar-refractivity contribution in [3.63, 3.8) is 0 Å². The number of sulfonamides is 1. The lowest BCUT2D eigenvalue weighted by atomic mass is 10.1. The van der Waals surface area contributed by atoms with Gasteiger partial charge in [0.15, 0.2) is 5.13 Å². The number of halogens is 1. The number of benzene rings is 1. The van der Waals surface area contributed by atoms with Crippen LogP contribution in [0.25, 0.3) is 0 Å². The summed E-state index contributed by atoms with van der Waals surface area (Å²) in [5, 5.41) is 5.28. The zero-order valence-corrected chi connectivity index (χ0v) is 14.9. The average molecular weight is 390 g/mol. The Morgan fingerprint density at radius 1 is 1.38 bits per heavy atom. The first-order valence-electron chi connectivity index (χ1n) is 6.36. The van der Waals surface area contributed by atoms with Gasteiger partial charge < -0.3 is 5.32 Å². The van der Waals surface area contributed by atoms with E-state index in [2.05, 4.69) is 31.0 Å². The molecule has 0 atom stereocenters. The van der Waals surface area contributed by atoms with Crippen LogP contribution in [0.3, 0.4) is 0 Å². The van der Waals surface area contributed by atoms with Crippen LogP contribution < -0.4 is 10.0 Å². The van der Waals surface area contributed by atoms with E-state index in [4.69, 9.17) is 0 Å². The van der Waals surface area contributed by atoms with Crippen molar-refractivity contribution >= 4 is 42.4 Å². The largest absolute Gasteiger partial charge is 0.313 e. The Bertz CT molecular complexity index is 715. The highest BCUT2D eigenvalue weighted by Crippen LogP contribution is 2.27. The van der Waals surface area contributed by atoms with E-state index in [9.17, 15) is 8.42 Å². The van der Waals surface area contributed by atoms with Crippen molar-refractivity contribution in [2.24, 2.45) is 0 Å². The van der Waals surface area contributed by atoms with Crippen LogP contribution >= 0.6 is 27.3 Å². The minimum Gasteiger partial charge on any atom is -0.313 e. The first kappa shape index (κ1) is 16.4. The third-order valence-electron chi connectivity index (χ3n) is 2.88. The first-order valence-corrected chi connectivity index (χ1v) is 9.51. The SMILES string of the molecule is CCNCc1cc(Br)c(C)c(S(=O)(=O)Nc2nccs2)c1. The molecule has 0 radical (unpaired) electrons. The van der Waals surface area contributed by atoms with Gasteiger partial charge in [0.1, 0.15) is 0 Å². The van der Waals surface area contributed by atoms with Crippen LogP contribution in [0.1, 0.15) is 18.1 Å². The minimum atomic E-state index is -3.64. The molecule has 0 amide bonds. The number of rotatable bonds is 6. The van der Waals surface area contributed by atoms with Crippen molar-refractivity contribution in [1.29, 1.82) is 0 Å². The number of nitrogens with one attached hydrogen (secondary N) is 2. The molecule has 1 heterocycles. The van der Waals surface area contributed by atoms with Gasteiger partial charge in [0.25, 0.3) is 10.0 Å². The van der Waals surface area contributed by atoms with Gasteiger partial charge in [-0.05, 0) is 36.7 Å². The molecule has 0 fully saturated rings. The highest BCUT2D eigenvalue weighted by Gasteiger charge is 2.20. The molecule has 1 aromatic carbocycles. The third-order valence-corrected chi connectivity index (χ3v) is 5.99. The molecule has 0 saturated carbocycles. The van der Waals surface area contributed by atoms with Crippen molar-refractivity contribution in [3.8, 4) is 0 Å². The maximum absolute atomic E-state index is 12.5. The summed E-state index contributed by atoms with van der Waals surface area (Å²) in [5.74, 6) is 0. The normalized spacial score (nSPS) is 11.6. The summed E-state index contributed by atoms with van der Waals surface area (Å²) in [4.78, 5) is 4.22. The molecule has 0 saturated heterocycles. The van der Waals surface area contributed by atoms with E-state index >= 15 is 0 Å². The lowest BCUT2D eigenvalue weighted by Crippen LogP contribution is -2.16. The fraction of sp³-hybridized carbons (Fsp3) is 0.308. The maximum atomic E-state index is 12.5. The van der Waals surface area contributed by atoms with Crippen LogP contribution in [0, 0.1) is 6.92 Å². The van der Waals surface area contributed by atoms with Gasteiger partial charge in [-0.15, -0.1) is 11.3 Å². The Hall–Kier alpha value is -0.960.